The number of benzene rings is 2. The average Bonchev–Trinajstić information content (AvgIpc) is 3.10. The Morgan fingerprint density at radius 3 is 2.59 bits per heavy atom. The summed E-state index contributed by atoms with van der Waals surface area (Å²) < 4.78 is 41.7. The molecule has 0 aliphatic heterocycles. The van der Waals surface area contributed by atoms with Crippen LogP contribution in [0.2, 0.25) is 5.02 Å². The molecule has 0 unspecified atom stereocenters. The molecular formula is C20H16ClF3N2O2S. The summed E-state index contributed by atoms with van der Waals surface area (Å²) in [4.78, 5) is 18.3. The number of hydrogen-bond acceptors (Lipinski definition) is 4. The monoisotopic (exact) mass is 440 g/mol. The van der Waals surface area contributed by atoms with Gasteiger partial charge in [-0.15, -0.1) is 24.5 Å². The highest BCUT2D eigenvalue weighted by Crippen LogP contribution is 2.30. The number of amides is 1. The molecule has 1 heterocycles. The van der Waals surface area contributed by atoms with Crippen LogP contribution in [0.25, 0.3) is 10.6 Å². The van der Waals surface area contributed by atoms with Crippen molar-refractivity contribution in [3.05, 3.63) is 70.2 Å². The van der Waals surface area contributed by atoms with Crippen LogP contribution in [0.15, 0.2) is 53.9 Å². The fourth-order valence-electron chi connectivity index (χ4n) is 2.64. The lowest BCUT2D eigenvalue weighted by molar-refractivity contribution is -0.275. The molecule has 1 amide bonds. The maximum Gasteiger partial charge on any atom is 0.573 e. The molecule has 0 atom stereocenters. The topological polar surface area (TPSA) is 42.4 Å². The Balaban J connectivity index is 1.67. The van der Waals surface area contributed by atoms with Gasteiger partial charge in [-0.1, -0.05) is 48.0 Å². The fraction of sp³-hybridized carbons (Fsp3) is 0.200. The van der Waals surface area contributed by atoms with Gasteiger partial charge in [0.2, 0.25) is 5.91 Å². The lowest BCUT2D eigenvalue weighted by Crippen LogP contribution is -2.28. The standard InChI is InChI=1S/C20H16ClF3N2O2S/c1-26(11-13-6-2-5-9-17(13)28-20(22,23)24)18(27)10-14-12-29-19(25-14)15-7-3-4-8-16(15)21/h2-9,12H,10-11H2,1H3. The first-order valence-corrected chi connectivity index (χ1v) is 9.75. The van der Waals surface area contributed by atoms with E-state index in [-0.39, 0.29) is 30.2 Å². The van der Waals surface area contributed by atoms with Gasteiger partial charge in [-0.05, 0) is 12.1 Å². The molecule has 0 N–H and O–H groups in total. The van der Waals surface area contributed by atoms with E-state index in [1.807, 2.05) is 18.2 Å². The average molecular weight is 441 g/mol. The molecule has 0 fully saturated rings. The molecule has 0 radical (unpaired) electrons. The number of nitrogens with zero attached hydrogens (tertiary/aromatic N) is 2. The van der Waals surface area contributed by atoms with Gasteiger partial charge in [0.15, 0.2) is 0 Å². The molecule has 0 saturated carbocycles. The number of hydrogen-bond donors (Lipinski definition) is 0. The summed E-state index contributed by atoms with van der Waals surface area (Å²) in [5.74, 6) is -0.600. The van der Waals surface area contributed by atoms with Gasteiger partial charge in [-0.3, -0.25) is 4.79 Å². The highest BCUT2D eigenvalue weighted by Gasteiger charge is 2.32. The van der Waals surface area contributed by atoms with Crippen LogP contribution in [0, 0.1) is 0 Å². The van der Waals surface area contributed by atoms with Crippen molar-refractivity contribution in [2.75, 3.05) is 7.05 Å². The van der Waals surface area contributed by atoms with Gasteiger partial charge < -0.3 is 9.64 Å². The van der Waals surface area contributed by atoms with Gasteiger partial charge in [0, 0.05) is 30.1 Å². The normalized spacial score (nSPS) is 11.3. The van der Waals surface area contributed by atoms with E-state index in [1.165, 1.54) is 41.5 Å². The first kappa shape index (κ1) is 21.1. The largest absolute Gasteiger partial charge is 0.573 e. The summed E-state index contributed by atoms with van der Waals surface area (Å²) in [7, 11) is 1.52. The number of thiazole rings is 1. The maximum atomic E-state index is 12.6. The molecule has 9 heteroatoms. The lowest BCUT2D eigenvalue weighted by Gasteiger charge is -2.19. The first-order valence-electron chi connectivity index (χ1n) is 8.50. The zero-order valence-electron chi connectivity index (χ0n) is 15.2. The summed E-state index contributed by atoms with van der Waals surface area (Å²) in [6.07, 6.45) is -4.77. The second-order valence-electron chi connectivity index (χ2n) is 6.21. The first-order chi connectivity index (χ1) is 13.7. The fourth-order valence-corrected chi connectivity index (χ4v) is 3.78. The summed E-state index contributed by atoms with van der Waals surface area (Å²) in [6.45, 7) is -0.0212. The SMILES string of the molecule is CN(Cc1ccccc1OC(F)(F)F)C(=O)Cc1csc(-c2ccccc2Cl)n1. The van der Waals surface area contributed by atoms with E-state index in [0.717, 1.165) is 5.56 Å². The Labute approximate surface area is 174 Å². The molecule has 4 nitrogen and oxygen atoms in total. The zero-order chi connectivity index (χ0) is 21.0. The van der Waals surface area contributed by atoms with E-state index >= 15 is 0 Å². The Morgan fingerprint density at radius 1 is 1.17 bits per heavy atom. The van der Waals surface area contributed by atoms with E-state index in [2.05, 4.69) is 9.72 Å². The van der Waals surface area contributed by atoms with Crippen molar-refractivity contribution in [3.63, 3.8) is 0 Å². The van der Waals surface area contributed by atoms with E-state index in [1.54, 1.807) is 17.5 Å². The molecule has 1 aromatic heterocycles. The zero-order valence-corrected chi connectivity index (χ0v) is 16.8. The van der Waals surface area contributed by atoms with Crippen molar-refractivity contribution in [3.8, 4) is 16.3 Å². The second kappa shape index (κ2) is 8.84. The van der Waals surface area contributed by atoms with E-state index in [9.17, 15) is 18.0 Å². The predicted molar refractivity (Wildman–Crippen MR) is 106 cm³/mol. The number of rotatable bonds is 6. The molecule has 152 valence electrons. The molecule has 0 saturated heterocycles. The molecule has 3 rings (SSSR count). The van der Waals surface area contributed by atoms with Gasteiger partial charge in [-0.25, -0.2) is 4.98 Å². The summed E-state index contributed by atoms with van der Waals surface area (Å²) in [5, 5.41) is 3.04. The van der Waals surface area contributed by atoms with Crippen molar-refractivity contribution < 1.29 is 22.7 Å². The number of carbonyl (C=O) groups excluding carboxylic acids is 1. The van der Waals surface area contributed by atoms with Crippen molar-refractivity contribution in [2.24, 2.45) is 0 Å². The number of alkyl halides is 3. The third-order valence-electron chi connectivity index (χ3n) is 4.02. The Hall–Kier alpha value is -2.58. The third-order valence-corrected chi connectivity index (χ3v) is 5.27. The summed E-state index contributed by atoms with van der Waals surface area (Å²) in [6, 6.07) is 13.0. The van der Waals surface area contributed by atoms with E-state index < -0.39 is 6.36 Å². The highest BCUT2D eigenvalue weighted by atomic mass is 35.5. The Morgan fingerprint density at radius 2 is 1.86 bits per heavy atom. The minimum absolute atomic E-state index is 0.0212. The molecule has 0 spiro atoms. The molecule has 0 aliphatic rings. The van der Waals surface area contributed by atoms with Crippen LogP contribution in [-0.4, -0.2) is 29.2 Å². The second-order valence-corrected chi connectivity index (χ2v) is 7.47. The van der Waals surface area contributed by atoms with Crippen LogP contribution in [-0.2, 0) is 17.8 Å². The number of para-hydroxylation sites is 1. The van der Waals surface area contributed by atoms with Crippen LogP contribution in [0.4, 0.5) is 13.2 Å². The number of likely N-dealkylation sites (N-methyl/N-ethyl adjacent to an activating group) is 1. The van der Waals surface area contributed by atoms with E-state index in [0.29, 0.717) is 15.7 Å². The molecule has 0 bridgehead atoms. The molecule has 29 heavy (non-hydrogen) atoms. The van der Waals surface area contributed by atoms with Gasteiger partial charge >= 0.3 is 6.36 Å². The molecular weight excluding hydrogens is 425 g/mol. The van der Waals surface area contributed by atoms with Crippen LogP contribution in [0.1, 0.15) is 11.3 Å². The minimum Gasteiger partial charge on any atom is -0.405 e. The van der Waals surface area contributed by atoms with Crippen molar-refractivity contribution in [2.45, 2.75) is 19.3 Å². The number of ether oxygens (including phenoxy) is 1. The predicted octanol–water partition coefficient (Wildman–Crippen LogP) is 5.56. The maximum absolute atomic E-state index is 12.6. The van der Waals surface area contributed by atoms with Gasteiger partial charge in [-0.2, -0.15) is 0 Å². The summed E-state index contributed by atoms with van der Waals surface area (Å²) in [5.41, 5.74) is 1.61. The highest BCUT2D eigenvalue weighted by molar-refractivity contribution is 7.13. The van der Waals surface area contributed by atoms with E-state index in [4.69, 9.17) is 11.6 Å². The van der Waals surface area contributed by atoms with Gasteiger partial charge in [0.05, 0.1) is 17.1 Å². The molecule has 3 aromatic rings. The molecule has 2 aromatic carbocycles. The number of aromatic nitrogens is 1. The van der Waals surface area contributed by atoms with Crippen molar-refractivity contribution >= 4 is 28.8 Å². The van der Waals surface area contributed by atoms with Gasteiger partial charge in [0.1, 0.15) is 10.8 Å². The smallest absolute Gasteiger partial charge is 0.405 e. The van der Waals surface area contributed by atoms with Crippen LogP contribution >= 0.6 is 22.9 Å². The number of carbonyl (C=O) groups is 1. The Kier molecular flexibility index (Phi) is 6.44. The van der Waals surface area contributed by atoms with Crippen molar-refractivity contribution in [1.29, 1.82) is 0 Å². The molecule has 0 aliphatic carbocycles. The van der Waals surface area contributed by atoms with Crippen molar-refractivity contribution in [1.82, 2.24) is 9.88 Å². The number of halogens is 4. The quantitative estimate of drug-likeness (QED) is 0.503. The third kappa shape index (κ3) is 5.71. The van der Waals surface area contributed by atoms with Gasteiger partial charge in [0.25, 0.3) is 0 Å². The minimum atomic E-state index is -4.80. The Bertz CT molecular complexity index is 1010. The van der Waals surface area contributed by atoms with Crippen LogP contribution in [0.3, 0.4) is 0 Å². The summed E-state index contributed by atoms with van der Waals surface area (Å²) >= 11 is 7.55. The van der Waals surface area contributed by atoms with Crippen LogP contribution < -0.4 is 4.74 Å². The lowest BCUT2D eigenvalue weighted by atomic mass is 10.2. The van der Waals surface area contributed by atoms with Crippen LogP contribution in [0.5, 0.6) is 5.75 Å².